The van der Waals surface area contributed by atoms with E-state index in [9.17, 15) is 0 Å². The van der Waals surface area contributed by atoms with Gasteiger partial charge in [-0.2, -0.15) is 0 Å². The van der Waals surface area contributed by atoms with Crippen LogP contribution in [0.15, 0.2) is 71.0 Å². The predicted octanol–water partition coefficient (Wildman–Crippen LogP) is 4.54. The van der Waals surface area contributed by atoms with E-state index in [4.69, 9.17) is 0 Å². The summed E-state index contributed by atoms with van der Waals surface area (Å²) in [6, 6.07) is 17.4. The SMILES string of the molecule is C=CC[S+]1Sc2ccccc2-c2ccccc21. The van der Waals surface area contributed by atoms with Gasteiger partial charge in [-0.25, -0.2) is 0 Å². The molecule has 0 fully saturated rings. The Bertz CT molecular complexity index is 560. The highest BCUT2D eigenvalue weighted by molar-refractivity contribution is 8.74. The minimum absolute atomic E-state index is 0.218. The molecule has 0 bridgehead atoms. The smallest absolute Gasteiger partial charge is 0.0984 e. The summed E-state index contributed by atoms with van der Waals surface area (Å²) in [5, 5.41) is 0. The van der Waals surface area contributed by atoms with Crippen LogP contribution in [0.4, 0.5) is 0 Å². The van der Waals surface area contributed by atoms with E-state index in [-0.39, 0.29) is 9.93 Å². The van der Waals surface area contributed by atoms with Gasteiger partial charge in [-0.1, -0.05) is 36.9 Å². The first-order valence-electron chi connectivity index (χ1n) is 5.58. The topological polar surface area (TPSA) is 0 Å². The number of fused-ring (bicyclic) bond motifs is 3. The molecule has 17 heavy (non-hydrogen) atoms. The van der Waals surface area contributed by atoms with E-state index in [1.54, 1.807) is 0 Å². The van der Waals surface area contributed by atoms with Gasteiger partial charge >= 0.3 is 0 Å². The molecule has 0 aliphatic carbocycles. The van der Waals surface area contributed by atoms with Gasteiger partial charge in [0.15, 0.2) is 4.90 Å². The summed E-state index contributed by atoms with van der Waals surface area (Å²) < 4.78 is 0. The van der Waals surface area contributed by atoms with Crippen LogP contribution >= 0.6 is 10.8 Å². The average Bonchev–Trinajstić information content (AvgIpc) is 2.39. The fourth-order valence-electron chi connectivity index (χ4n) is 2.03. The van der Waals surface area contributed by atoms with E-state index in [1.165, 1.54) is 20.9 Å². The molecule has 1 unspecified atom stereocenters. The Labute approximate surface area is 109 Å². The predicted molar refractivity (Wildman–Crippen MR) is 78.4 cm³/mol. The molecular formula is C15H13S2+. The zero-order valence-corrected chi connectivity index (χ0v) is 11.1. The van der Waals surface area contributed by atoms with Crippen molar-refractivity contribution in [2.75, 3.05) is 5.75 Å². The average molecular weight is 257 g/mol. The van der Waals surface area contributed by atoms with Gasteiger partial charge in [0.1, 0.15) is 26.5 Å². The van der Waals surface area contributed by atoms with Crippen molar-refractivity contribution in [2.45, 2.75) is 9.79 Å². The molecule has 0 amide bonds. The lowest BCUT2D eigenvalue weighted by Gasteiger charge is -2.17. The second-order valence-corrected chi connectivity index (χ2v) is 7.65. The molecule has 84 valence electrons. The zero-order valence-electron chi connectivity index (χ0n) is 9.43. The van der Waals surface area contributed by atoms with Crippen LogP contribution in [0.1, 0.15) is 0 Å². The largest absolute Gasteiger partial charge is 0.176 e. The van der Waals surface area contributed by atoms with Crippen molar-refractivity contribution in [3.05, 3.63) is 61.2 Å². The summed E-state index contributed by atoms with van der Waals surface area (Å²) in [7, 11) is 2.20. The van der Waals surface area contributed by atoms with Crippen LogP contribution in [0.25, 0.3) is 11.1 Å². The molecule has 1 heterocycles. The van der Waals surface area contributed by atoms with E-state index >= 15 is 0 Å². The lowest BCUT2D eigenvalue weighted by Crippen LogP contribution is -2.07. The van der Waals surface area contributed by atoms with Crippen LogP contribution in [-0.4, -0.2) is 5.75 Å². The molecule has 0 N–H and O–H groups in total. The quantitative estimate of drug-likeness (QED) is 0.432. The Morgan fingerprint density at radius 2 is 1.71 bits per heavy atom. The van der Waals surface area contributed by atoms with Crippen LogP contribution in [0.3, 0.4) is 0 Å². The first-order valence-corrected chi connectivity index (χ1v) is 8.31. The van der Waals surface area contributed by atoms with Crippen LogP contribution < -0.4 is 0 Å². The van der Waals surface area contributed by atoms with Gasteiger partial charge in [0.25, 0.3) is 0 Å². The Balaban J connectivity index is 2.19. The van der Waals surface area contributed by atoms with Gasteiger partial charge in [0.05, 0.1) is 4.90 Å². The van der Waals surface area contributed by atoms with Gasteiger partial charge in [-0.15, -0.1) is 0 Å². The lowest BCUT2D eigenvalue weighted by atomic mass is 10.1. The van der Waals surface area contributed by atoms with Crippen LogP contribution in [-0.2, 0) is 9.93 Å². The normalized spacial score (nSPS) is 17.1. The van der Waals surface area contributed by atoms with E-state index < -0.39 is 0 Å². The fourth-order valence-corrected chi connectivity index (χ4v) is 6.14. The minimum atomic E-state index is 0.218. The molecule has 3 rings (SSSR count). The monoisotopic (exact) mass is 257 g/mol. The molecule has 2 aromatic rings. The van der Waals surface area contributed by atoms with Crippen molar-refractivity contribution in [2.24, 2.45) is 0 Å². The van der Waals surface area contributed by atoms with Crippen LogP contribution in [0.5, 0.6) is 0 Å². The van der Waals surface area contributed by atoms with Crippen molar-refractivity contribution in [3.8, 4) is 11.1 Å². The number of hydrogen-bond donors (Lipinski definition) is 0. The molecule has 2 aromatic carbocycles. The maximum Gasteiger partial charge on any atom is 0.176 e. The molecule has 0 saturated carbocycles. The van der Waals surface area contributed by atoms with Crippen molar-refractivity contribution < 1.29 is 0 Å². The number of rotatable bonds is 2. The molecule has 0 nitrogen and oxygen atoms in total. The Hall–Kier alpha value is -1.12. The van der Waals surface area contributed by atoms with E-state index in [2.05, 4.69) is 55.1 Å². The third-order valence-corrected chi connectivity index (χ3v) is 6.98. The zero-order chi connectivity index (χ0) is 11.7. The van der Waals surface area contributed by atoms with Crippen LogP contribution in [0, 0.1) is 0 Å². The first-order chi connectivity index (χ1) is 8.40. The molecule has 2 heteroatoms. The standard InChI is InChI=1S/C15H13S2/c1-2-11-17-15-10-6-4-8-13(15)12-7-3-5-9-14(12)16-17/h2-10H,1,11H2/q+1. The first kappa shape index (κ1) is 11.0. The second kappa shape index (κ2) is 4.63. The van der Waals surface area contributed by atoms with Gasteiger partial charge in [0, 0.05) is 11.1 Å². The van der Waals surface area contributed by atoms with Gasteiger partial charge < -0.3 is 0 Å². The van der Waals surface area contributed by atoms with Gasteiger partial charge in [0.2, 0.25) is 0 Å². The molecule has 1 atom stereocenters. The van der Waals surface area contributed by atoms with Crippen molar-refractivity contribution in [1.29, 1.82) is 0 Å². The summed E-state index contributed by atoms with van der Waals surface area (Å²) in [6.45, 7) is 3.88. The summed E-state index contributed by atoms with van der Waals surface area (Å²) in [5.41, 5.74) is 2.77. The second-order valence-electron chi connectivity index (χ2n) is 3.88. The van der Waals surface area contributed by atoms with E-state index in [0.717, 1.165) is 5.75 Å². The molecule has 1 aliphatic heterocycles. The summed E-state index contributed by atoms with van der Waals surface area (Å²) >= 11 is 0. The summed E-state index contributed by atoms with van der Waals surface area (Å²) in [5.74, 6) is 1.05. The highest BCUT2D eigenvalue weighted by Crippen LogP contribution is 2.47. The third-order valence-electron chi connectivity index (χ3n) is 2.77. The minimum Gasteiger partial charge on any atom is -0.0984 e. The van der Waals surface area contributed by atoms with E-state index in [1.807, 2.05) is 16.9 Å². The maximum atomic E-state index is 3.88. The third kappa shape index (κ3) is 1.92. The Morgan fingerprint density at radius 1 is 1.00 bits per heavy atom. The fraction of sp³-hybridized carbons (Fsp3) is 0.0667. The molecule has 0 radical (unpaired) electrons. The number of benzene rings is 2. The lowest BCUT2D eigenvalue weighted by molar-refractivity contribution is 1.36. The molecule has 1 aliphatic rings. The molecule has 0 saturated heterocycles. The highest BCUT2D eigenvalue weighted by Gasteiger charge is 2.33. The van der Waals surface area contributed by atoms with Crippen molar-refractivity contribution in [3.63, 3.8) is 0 Å². The van der Waals surface area contributed by atoms with Crippen LogP contribution in [0.2, 0.25) is 0 Å². The molecular weight excluding hydrogens is 244 g/mol. The highest BCUT2D eigenvalue weighted by atomic mass is 33.1. The Kier molecular flexibility index (Phi) is 3.00. The number of hydrogen-bond acceptors (Lipinski definition) is 1. The molecule has 0 aromatic heterocycles. The van der Waals surface area contributed by atoms with Gasteiger partial charge in [-0.3, -0.25) is 0 Å². The maximum absolute atomic E-state index is 3.88. The van der Waals surface area contributed by atoms with E-state index in [0.29, 0.717) is 0 Å². The molecule has 0 spiro atoms. The summed E-state index contributed by atoms with van der Waals surface area (Å²) in [4.78, 5) is 2.87. The van der Waals surface area contributed by atoms with Crippen molar-refractivity contribution in [1.82, 2.24) is 0 Å². The summed E-state index contributed by atoms with van der Waals surface area (Å²) in [6.07, 6.45) is 2.03. The Morgan fingerprint density at radius 3 is 2.53 bits per heavy atom. The van der Waals surface area contributed by atoms with Gasteiger partial charge in [-0.05, 0) is 24.3 Å². The van der Waals surface area contributed by atoms with Crippen molar-refractivity contribution >= 4 is 20.7 Å².